The van der Waals surface area contributed by atoms with Gasteiger partial charge in [-0.2, -0.15) is 0 Å². The second kappa shape index (κ2) is 5.73. The predicted molar refractivity (Wildman–Crippen MR) is 96.2 cm³/mol. The highest BCUT2D eigenvalue weighted by atomic mass is 16.6. The van der Waals surface area contributed by atoms with Crippen molar-refractivity contribution in [2.45, 2.75) is 0 Å². The Morgan fingerprint density at radius 2 is 1.67 bits per heavy atom. The Hall–Kier alpha value is -4.07. The van der Waals surface area contributed by atoms with Crippen LogP contribution in [0.3, 0.4) is 0 Å². The molecular weight excluding hydrogens is 354 g/mol. The van der Waals surface area contributed by atoms with Crippen LogP contribution in [-0.2, 0) is 0 Å². The molecule has 8 heteroatoms. The molecule has 0 bridgehead atoms. The van der Waals surface area contributed by atoms with E-state index in [1.165, 1.54) is 36.4 Å². The molecule has 1 aliphatic carbocycles. The van der Waals surface area contributed by atoms with Crippen LogP contribution in [0.1, 0.15) is 0 Å². The van der Waals surface area contributed by atoms with Gasteiger partial charge in [-0.3, -0.25) is 14.9 Å². The molecule has 8 nitrogen and oxygen atoms in total. The van der Waals surface area contributed by atoms with Gasteiger partial charge in [-0.05, 0) is 17.7 Å². The van der Waals surface area contributed by atoms with Gasteiger partial charge in [0.1, 0.15) is 11.3 Å². The van der Waals surface area contributed by atoms with Gasteiger partial charge in [0.25, 0.3) is 5.69 Å². The molecule has 3 N–H and O–H groups in total. The van der Waals surface area contributed by atoms with Gasteiger partial charge in [0.15, 0.2) is 17.2 Å². The molecule has 134 valence electrons. The molecule has 4 rings (SSSR count). The van der Waals surface area contributed by atoms with E-state index in [0.29, 0.717) is 22.1 Å². The van der Waals surface area contributed by atoms with E-state index >= 15 is 0 Å². The molecule has 27 heavy (non-hydrogen) atoms. The number of hydrogen-bond acceptors (Lipinski definition) is 7. The molecule has 0 unspecified atom stereocenters. The van der Waals surface area contributed by atoms with Crippen molar-refractivity contribution in [3.8, 4) is 39.7 Å². The third-order valence-corrected chi connectivity index (χ3v) is 4.24. The first-order valence-electron chi connectivity index (χ1n) is 7.75. The Morgan fingerprint density at radius 1 is 0.926 bits per heavy atom. The Morgan fingerprint density at radius 3 is 2.41 bits per heavy atom. The summed E-state index contributed by atoms with van der Waals surface area (Å²) >= 11 is 0. The van der Waals surface area contributed by atoms with Gasteiger partial charge >= 0.3 is 0 Å². The quantitative estimate of drug-likeness (QED) is 0.214. The molecular formula is C19H11NO7. The Kier molecular flexibility index (Phi) is 3.48. The van der Waals surface area contributed by atoms with Crippen LogP contribution in [0.15, 0.2) is 57.7 Å². The van der Waals surface area contributed by atoms with Crippen LogP contribution in [-0.4, -0.2) is 20.2 Å². The fourth-order valence-electron chi connectivity index (χ4n) is 3.02. The van der Waals surface area contributed by atoms with Crippen LogP contribution in [0.2, 0.25) is 0 Å². The monoisotopic (exact) mass is 365 g/mol. The highest BCUT2D eigenvalue weighted by Gasteiger charge is 2.21. The second-order valence-electron chi connectivity index (χ2n) is 5.94. The van der Waals surface area contributed by atoms with E-state index in [9.17, 15) is 30.2 Å². The molecule has 0 spiro atoms. The fourth-order valence-corrected chi connectivity index (χ4v) is 3.02. The summed E-state index contributed by atoms with van der Waals surface area (Å²) in [6.07, 6.45) is 0. The molecule has 2 aliphatic rings. The SMILES string of the molecule is O=c1cc2oc3cc(O)c(O)cc3c(-c3cccc([N+](=O)[O-])c3)c-2cc1O. The largest absolute Gasteiger partial charge is 0.504 e. The molecule has 0 saturated carbocycles. The van der Waals surface area contributed by atoms with Crippen molar-refractivity contribution in [1.82, 2.24) is 0 Å². The van der Waals surface area contributed by atoms with Crippen molar-refractivity contribution in [1.29, 1.82) is 0 Å². The van der Waals surface area contributed by atoms with E-state index in [2.05, 4.69) is 0 Å². The summed E-state index contributed by atoms with van der Waals surface area (Å²) < 4.78 is 5.64. The lowest BCUT2D eigenvalue weighted by Crippen LogP contribution is -2.01. The van der Waals surface area contributed by atoms with Gasteiger partial charge in [-0.15, -0.1) is 0 Å². The average Bonchev–Trinajstić information content (AvgIpc) is 2.63. The predicted octanol–water partition coefficient (Wildman–Crippen LogP) is 3.59. The van der Waals surface area contributed by atoms with E-state index in [4.69, 9.17) is 4.42 Å². The zero-order valence-corrected chi connectivity index (χ0v) is 13.5. The van der Waals surface area contributed by atoms with Gasteiger partial charge in [-0.1, -0.05) is 12.1 Å². The molecule has 0 fully saturated rings. The zero-order chi connectivity index (χ0) is 19.3. The van der Waals surface area contributed by atoms with Crippen LogP contribution in [0.5, 0.6) is 17.2 Å². The minimum atomic E-state index is -0.654. The molecule has 1 aliphatic heterocycles. The minimum absolute atomic E-state index is 0.122. The van der Waals surface area contributed by atoms with Crippen molar-refractivity contribution in [2.24, 2.45) is 0 Å². The number of nitro benzene ring substituents is 1. The van der Waals surface area contributed by atoms with Crippen molar-refractivity contribution < 1.29 is 24.7 Å². The molecule has 2 aromatic carbocycles. The highest BCUT2D eigenvalue weighted by Crippen LogP contribution is 2.44. The minimum Gasteiger partial charge on any atom is -0.504 e. The Bertz CT molecular complexity index is 1260. The number of phenols is 3. The topological polar surface area (TPSA) is 134 Å². The second-order valence-corrected chi connectivity index (χ2v) is 5.94. The van der Waals surface area contributed by atoms with Crippen LogP contribution in [0.4, 0.5) is 5.69 Å². The lowest BCUT2D eigenvalue weighted by molar-refractivity contribution is -0.384. The van der Waals surface area contributed by atoms with Crippen molar-refractivity contribution in [3.05, 3.63) is 68.9 Å². The van der Waals surface area contributed by atoms with Crippen molar-refractivity contribution in [2.75, 3.05) is 0 Å². The summed E-state index contributed by atoms with van der Waals surface area (Å²) in [6.45, 7) is 0. The first-order chi connectivity index (χ1) is 12.8. The van der Waals surface area contributed by atoms with Crippen molar-refractivity contribution >= 4 is 16.7 Å². The number of nitrogens with zero attached hydrogens (tertiary/aromatic N) is 1. The van der Waals surface area contributed by atoms with Crippen LogP contribution >= 0.6 is 0 Å². The summed E-state index contributed by atoms with van der Waals surface area (Å²) in [5.41, 5.74) is 0.495. The molecule has 0 aromatic heterocycles. The number of rotatable bonds is 2. The number of non-ortho nitro benzene ring substituents is 1. The summed E-state index contributed by atoms with van der Waals surface area (Å²) in [5.74, 6) is -1.21. The first-order valence-corrected chi connectivity index (χ1v) is 7.75. The summed E-state index contributed by atoms with van der Waals surface area (Å²) in [7, 11) is 0. The molecule has 0 amide bonds. The lowest BCUT2D eigenvalue weighted by atomic mass is 9.93. The standard InChI is InChI=1S/C19H11NO7/c21-13-5-11-17(7-15(13)23)27-18-8-16(24)14(22)6-12(18)19(11)9-2-1-3-10(4-9)20(25)26/h1-8,21-23H. The highest BCUT2D eigenvalue weighted by molar-refractivity contribution is 6.03. The van der Waals surface area contributed by atoms with E-state index in [1.54, 1.807) is 6.07 Å². The van der Waals surface area contributed by atoms with Gasteiger partial charge < -0.3 is 19.7 Å². The molecule has 0 atom stereocenters. The molecule has 1 heterocycles. The smallest absolute Gasteiger partial charge is 0.270 e. The fraction of sp³-hybridized carbons (Fsp3) is 0. The molecule has 0 radical (unpaired) electrons. The average molecular weight is 365 g/mol. The molecule has 0 saturated heterocycles. The normalized spacial score (nSPS) is 11.1. The molecule has 2 aromatic rings. The van der Waals surface area contributed by atoms with Crippen LogP contribution in [0, 0.1) is 10.1 Å². The van der Waals surface area contributed by atoms with Gasteiger partial charge in [0, 0.05) is 40.8 Å². The number of nitro groups is 1. The van der Waals surface area contributed by atoms with E-state index in [0.717, 1.165) is 6.07 Å². The third-order valence-electron chi connectivity index (χ3n) is 4.24. The number of phenolic OH excluding ortho intramolecular Hbond substituents is 3. The maximum atomic E-state index is 11.8. The van der Waals surface area contributed by atoms with Gasteiger partial charge in [0.2, 0.25) is 5.43 Å². The maximum Gasteiger partial charge on any atom is 0.270 e. The number of aromatic hydroxyl groups is 3. The van der Waals surface area contributed by atoms with E-state index in [-0.39, 0.29) is 17.0 Å². The van der Waals surface area contributed by atoms with E-state index < -0.39 is 27.6 Å². The Labute approximate surface area is 150 Å². The van der Waals surface area contributed by atoms with Gasteiger partial charge in [-0.25, -0.2) is 0 Å². The van der Waals surface area contributed by atoms with Crippen LogP contribution < -0.4 is 5.43 Å². The maximum absolute atomic E-state index is 11.8. The first kappa shape index (κ1) is 16.4. The van der Waals surface area contributed by atoms with Gasteiger partial charge in [0.05, 0.1) is 4.92 Å². The number of benzene rings is 3. The van der Waals surface area contributed by atoms with E-state index in [1.807, 2.05) is 0 Å². The summed E-state index contributed by atoms with van der Waals surface area (Å²) in [6, 6.07) is 10.5. The van der Waals surface area contributed by atoms with Crippen molar-refractivity contribution in [3.63, 3.8) is 0 Å². The summed E-state index contributed by atoms with van der Waals surface area (Å²) in [5, 5.41) is 41.0. The third kappa shape index (κ3) is 2.60. The summed E-state index contributed by atoms with van der Waals surface area (Å²) in [4.78, 5) is 22.4. The van der Waals surface area contributed by atoms with Crippen LogP contribution in [0.25, 0.3) is 33.4 Å². The zero-order valence-electron chi connectivity index (χ0n) is 13.5. The lowest BCUT2D eigenvalue weighted by Gasteiger charge is -2.15. The Balaban J connectivity index is 2.20. The number of hydrogen-bond donors (Lipinski definition) is 3. The number of fused-ring (bicyclic) bond motifs is 2.